The van der Waals surface area contributed by atoms with Crippen LogP contribution in [-0.4, -0.2) is 10.9 Å². The molecule has 1 heterocycles. The van der Waals surface area contributed by atoms with Gasteiger partial charge in [0.25, 0.3) is 0 Å². The average Bonchev–Trinajstić information content (AvgIpc) is 3.27. The monoisotopic (exact) mass is 476 g/mol. The van der Waals surface area contributed by atoms with Crippen LogP contribution in [0.3, 0.4) is 0 Å². The SMILES string of the molecule is O=C(CCc1ncc(-c2cccc(Br)c2)o1)Nc1ccc(OCc2ccccc2)cc1. The second-order valence-electron chi connectivity index (χ2n) is 6.98. The molecule has 1 amide bonds. The quantitative estimate of drug-likeness (QED) is 0.326. The first-order valence-electron chi connectivity index (χ1n) is 9.93. The zero-order valence-electron chi connectivity index (χ0n) is 16.8. The standard InChI is InChI=1S/C25H21BrN2O3/c26-20-8-4-7-19(15-20)23-16-27-25(31-23)14-13-24(29)28-21-9-11-22(12-10-21)30-17-18-5-2-1-3-6-18/h1-12,15-16H,13-14,17H2,(H,28,29). The third-order valence-corrected chi connectivity index (χ3v) is 5.11. The van der Waals surface area contributed by atoms with Gasteiger partial charge < -0.3 is 14.5 Å². The Kier molecular flexibility index (Phi) is 6.79. The Hall–Kier alpha value is -3.38. The van der Waals surface area contributed by atoms with Gasteiger partial charge in [0.1, 0.15) is 12.4 Å². The lowest BCUT2D eigenvalue weighted by molar-refractivity contribution is -0.116. The van der Waals surface area contributed by atoms with Crippen molar-refractivity contribution in [2.45, 2.75) is 19.4 Å². The van der Waals surface area contributed by atoms with Crippen molar-refractivity contribution < 1.29 is 13.9 Å². The number of carbonyl (C=O) groups excluding carboxylic acids is 1. The Balaban J connectivity index is 1.25. The zero-order valence-corrected chi connectivity index (χ0v) is 18.3. The van der Waals surface area contributed by atoms with Gasteiger partial charge in [-0.1, -0.05) is 58.4 Å². The molecule has 4 aromatic rings. The molecule has 0 saturated heterocycles. The molecule has 4 rings (SSSR count). The summed E-state index contributed by atoms with van der Waals surface area (Å²) in [5.74, 6) is 1.87. The number of nitrogens with zero attached hydrogens (tertiary/aromatic N) is 1. The minimum Gasteiger partial charge on any atom is -0.489 e. The number of nitrogens with one attached hydrogen (secondary N) is 1. The summed E-state index contributed by atoms with van der Waals surface area (Å²) in [6.45, 7) is 0.505. The van der Waals surface area contributed by atoms with E-state index < -0.39 is 0 Å². The van der Waals surface area contributed by atoms with Gasteiger partial charge >= 0.3 is 0 Å². The number of oxazole rings is 1. The number of ether oxygens (including phenoxy) is 1. The molecule has 3 aromatic carbocycles. The molecular formula is C25H21BrN2O3. The lowest BCUT2D eigenvalue weighted by Crippen LogP contribution is -2.12. The van der Waals surface area contributed by atoms with Gasteiger partial charge in [-0.25, -0.2) is 4.98 Å². The third kappa shape index (κ3) is 6.06. The van der Waals surface area contributed by atoms with E-state index in [1.165, 1.54) is 0 Å². The normalized spacial score (nSPS) is 10.6. The molecule has 0 aliphatic carbocycles. The molecular weight excluding hydrogens is 456 g/mol. The molecule has 0 radical (unpaired) electrons. The van der Waals surface area contributed by atoms with Gasteiger partial charge in [-0.3, -0.25) is 4.79 Å². The van der Waals surface area contributed by atoms with Crippen LogP contribution in [0.2, 0.25) is 0 Å². The number of anilines is 1. The van der Waals surface area contributed by atoms with Gasteiger partial charge in [0.15, 0.2) is 11.7 Å². The van der Waals surface area contributed by atoms with E-state index in [9.17, 15) is 4.79 Å². The van der Waals surface area contributed by atoms with Gasteiger partial charge in [-0.15, -0.1) is 0 Å². The average molecular weight is 477 g/mol. The topological polar surface area (TPSA) is 64.4 Å². The fraction of sp³-hybridized carbons (Fsp3) is 0.120. The molecule has 0 saturated carbocycles. The van der Waals surface area contributed by atoms with E-state index in [0.29, 0.717) is 24.7 Å². The van der Waals surface area contributed by atoms with Crippen molar-refractivity contribution >= 4 is 27.5 Å². The van der Waals surface area contributed by atoms with Crippen molar-refractivity contribution in [3.63, 3.8) is 0 Å². The van der Waals surface area contributed by atoms with Gasteiger partial charge in [-0.2, -0.15) is 0 Å². The summed E-state index contributed by atoms with van der Waals surface area (Å²) in [4.78, 5) is 16.6. The largest absolute Gasteiger partial charge is 0.489 e. The van der Waals surface area contributed by atoms with Gasteiger partial charge in [0.05, 0.1) is 6.20 Å². The van der Waals surface area contributed by atoms with E-state index in [1.807, 2.05) is 78.9 Å². The Morgan fingerprint density at radius 1 is 1.00 bits per heavy atom. The number of aryl methyl sites for hydroxylation is 1. The highest BCUT2D eigenvalue weighted by atomic mass is 79.9. The smallest absolute Gasteiger partial charge is 0.224 e. The van der Waals surface area contributed by atoms with Crippen LogP contribution in [0.15, 0.2) is 93.9 Å². The minimum atomic E-state index is -0.0971. The summed E-state index contributed by atoms with van der Waals surface area (Å²) in [5, 5.41) is 2.89. The van der Waals surface area contributed by atoms with E-state index in [0.717, 1.165) is 27.0 Å². The van der Waals surface area contributed by atoms with Gasteiger partial charge in [-0.05, 0) is 42.0 Å². The summed E-state index contributed by atoms with van der Waals surface area (Å²) < 4.78 is 12.5. The fourth-order valence-corrected chi connectivity index (χ4v) is 3.42. The molecule has 31 heavy (non-hydrogen) atoms. The first-order valence-corrected chi connectivity index (χ1v) is 10.7. The maximum absolute atomic E-state index is 12.3. The Labute approximate surface area is 189 Å². The first-order chi connectivity index (χ1) is 15.2. The molecule has 6 heteroatoms. The van der Waals surface area contributed by atoms with Crippen molar-refractivity contribution in [2.75, 3.05) is 5.32 Å². The molecule has 0 spiro atoms. The molecule has 156 valence electrons. The van der Waals surface area contributed by atoms with Crippen molar-refractivity contribution in [1.82, 2.24) is 4.98 Å². The number of halogens is 1. The molecule has 0 aliphatic rings. The van der Waals surface area contributed by atoms with E-state index in [-0.39, 0.29) is 12.3 Å². The van der Waals surface area contributed by atoms with Gasteiger partial charge in [0, 0.05) is 28.6 Å². The van der Waals surface area contributed by atoms with Crippen molar-refractivity contribution in [2.24, 2.45) is 0 Å². The van der Waals surface area contributed by atoms with Crippen molar-refractivity contribution in [3.05, 3.63) is 101 Å². The molecule has 0 atom stereocenters. The predicted octanol–water partition coefficient (Wildman–Crippen LogP) is 6.25. The van der Waals surface area contributed by atoms with Crippen LogP contribution in [0.5, 0.6) is 5.75 Å². The zero-order chi connectivity index (χ0) is 21.5. The van der Waals surface area contributed by atoms with Gasteiger partial charge in [0.2, 0.25) is 5.91 Å². The molecule has 1 N–H and O–H groups in total. The van der Waals surface area contributed by atoms with Crippen LogP contribution in [0.1, 0.15) is 17.9 Å². The summed E-state index contributed by atoms with van der Waals surface area (Å²) in [6.07, 6.45) is 2.39. The number of aromatic nitrogens is 1. The molecule has 0 aliphatic heterocycles. The lowest BCUT2D eigenvalue weighted by atomic mass is 10.2. The molecule has 0 fully saturated rings. The highest BCUT2D eigenvalue weighted by molar-refractivity contribution is 9.10. The van der Waals surface area contributed by atoms with E-state index >= 15 is 0 Å². The Morgan fingerprint density at radius 3 is 2.58 bits per heavy atom. The lowest BCUT2D eigenvalue weighted by Gasteiger charge is -2.08. The number of carbonyl (C=O) groups is 1. The molecule has 0 bridgehead atoms. The first kappa shape index (κ1) is 20.9. The number of benzene rings is 3. The van der Waals surface area contributed by atoms with Crippen LogP contribution in [0.4, 0.5) is 5.69 Å². The maximum Gasteiger partial charge on any atom is 0.224 e. The summed E-state index contributed by atoms with van der Waals surface area (Å²) in [6, 6.07) is 25.1. The molecule has 0 unspecified atom stereocenters. The van der Waals surface area contributed by atoms with E-state index in [2.05, 4.69) is 26.2 Å². The van der Waals surface area contributed by atoms with Crippen LogP contribution < -0.4 is 10.1 Å². The van der Waals surface area contributed by atoms with Crippen LogP contribution in [0, 0.1) is 0 Å². The fourth-order valence-electron chi connectivity index (χ4n) is 3.02. The maximum atomic E-state index is 12.3. The number of rotatable bonds is 8. The third-order valence-electron chi connectivity index (χ3n) is 4.62. The number of amides is 1. The molecule has 1 aromatic heterocycles. The Morgan fingerprint density at radius 2 is 1.81 bits per heavy atom. The van der Waals surface area contributed by atoms with E-state index in [4.69, 9.17) is 9.15 Å². The Bertz CT molecular complexity index is 1140. The van der Waals surface area contributed by atoms with Crippen LogP contribution in [-0.2, 0) is 17.8 Å². The molecule has 5 nitrogen and oxygen atoms in total. The summed E-state index contributed by atoms with van der Waals surface area (Å²) in [5.41, 5.74) is 2.76. The van der Waals surface area contributed by atoms with E-state index in [1.54, 1.807) is 6.20 Å². The highest BCUT2D eigenvalue weighted by Gasteiger charge is 2.10. The van der Waals surface area contributed by atoms with Crippen LogP contribution >= 0.6 is 15.9 Å². The van der Waals surface area contributed by atoms with Crippen molar-refractivity contribution in [1.29, 1.82) is 0 Å². The predicted molar refractivity (Wildman–Crippen MR) is 124 cm³/mol. The summed E-state index contributed by atoms with van der Waals surface area (Å²) >= 11 is 3.45. The highest BCUT2D eigenvalue weighted by Crippen LogP contribution is 2.24. The number of hydrogen-bond donors (Lipinski definition) is 1. The van der Waals surface area contributed by atoms with Crippen molar-refractivity contribution in [3.8, 4) is 17.1 Å². The minimum absolute atomic E-state index is 0.0971. The summed E-state index contributed by atoms with van der Waals surface area (Å²) in [7, 11) is 0. The van der Waals surface area contributed by atoms with Crippen LogP contribution in [0.25, 0.3) is 11.3 Å². The second-order valence-corrected chi connectivity index (χ2v) is 7.89. The second kappa shape index (κ2) is 10.1. The number of hydrogen-bond acceptors (Lipinski definition) is 4.